The monoisotopic (exact) mass is 366 g/mol. The predicted molar refractivity (Wildman–Crippen MR) is 109 cm³/mol. The molecule has 0 N–H and O–H groups in total. The van der Waals surface area contributed by atoms with Crippen molar-refractivity contribution in [1.82, 2.24) is 0 Å². The third-order valence-corrected chi connectivity index (χ3v) is 4.82. The molecule has 0 saturated carbocycles. The maximum absolute atomic E-state index is 12.9. The van der Waals surface area contributed by atoms with Gasteiger partial charge in [0, 0.05) is 10.8 Å². The molecule has 0 unspecified atom stereocenters. The Morgan fingerprint density at radius 2 is 1.39 bits per heavy atom. The minimum atomic E-state index is -0.532. The number of carbonyl (C=O) groups excluding carboxylic acids is 1. The number of rotatable bonds is 2. The zero-order valence-corrected chi connectivity index (χ0v) is 14.7. The summed E-state index contributed by atoms with van der Waals surface area (Å²) in [6.45, 7) is 0. The van der Waals surface area contributed by atoms with Gasteiger partial charge in [0.1, 0.15) is 16.7 Å². The molecular formula is C24H14O4. The highest BCUT2D eigenvalue weighted by Gasteiger charge is 2.17. The summed E-state index contributed by atoms with van der Waals surface area (Å²) >= 11 is 0. The quantitative estimate of drug-likeness (QED) is 0.184. The van der Waals surface area contributed by atoms with E-state index in [-0.39, 0.29) is 11.1 Å². The first-order valence-electron chi connectivity index (χ1n) is 8.87. The summed E-state index contributed by atoms with van der Waals surface area (Å²) in [6.07, 6.45) is 0. The molecule has 4 nitrogen and oxygen atoms in total. The highest BCUT2D eigenvalue weighted by atomic mass is 16.5. The molecule has 0 fully saturated rings. The second-order valence-electron chi connectivity index (χ2n) is 6.48. The Hall–Kier alpha value is -3.92. The molecular weight excluding hydrogens is 352 g/mol. The zero-order chi connectivity index (χ0) is 19.1. The van der Waals surface area contributed by atoms with E-state index in [2.05, 4.69) is 0 Å². The molecule has 0 spiro atoms. The summed E-state index contributed by atoms with van der Waals surface area (Å²) in [7, 11) is 0. The lowest BCUT2D eigenvalue weighted by molar-refractivity contribution is 0.0739. The minimum Gasteiger partial charge on any atom is -0.422 e. The largest absolute Gasteiger partial charge is 0.422 e. The van der Waals surface area contributed by atoms with E-state index < -0.39 is 11.6 Å². The van der Waals surface area contributed by atoms with E-state index in [0.29, 0.717) is 16.5 Å². The number of esters is 1. The van der Waals surface area contributed by atoms with Crippen molar-refractivity contribution in [3.63, 3.8) is 0 Å². The highest BCUT2D eigenvalue weighted by molar-refractivity contribution is 6.09. The van der Waals surface area contributed by atoms with Crippen LogP contribution >= 0.6 is 0 Å². The Balaban J connectivity index is 1.67. The van der Waals surface area contributed by atoms with Gasteiger partial charge in [-0.05, 0) is 29.0 Å². The summed E-state index contributed by atoms with van der Waals surface area (Å²) in [6, 6.07) is 25.5. The number of benzene rings is 4. The molecule has 5 aromatic rings. The zero-order valence-electron chi connectivity index (χ0n) is 14.7. The smallest absolute Gasteiger partial charge is 0.348 e. The van der Waals surface area contributed by atoms with Gasteiger partial charge in [-0.1, -0.05) is 66.7 Å². The van der Waals surface area contributed by atoms with Crippen molar-refractivity contribution in [2.24, 2.45) is 0 Å². The van der Waals surface area contributed by atoms with Gasteiger partial charge in [-0.3, -0.25) is 0 Å². The Labute approximate surface area is 159 Å². The second-order valence-corrected chi connectivity index (χ2v) is 6.48. The highest BCUT2D eigenvalue weighted by Crippen LogP contribution is 2.30. The van der Waals surface area contributed by atoms with Crippen LogP contribution < -0.4 is 10.4 Å². The van der Waals surface area contributed by atoms with Crippen molar-refractivity contribution >= 4 is 38.5 Å². The van der Waals surface area contributed by atoms with Gasteiger partial charge in [-0.2, -0.15) is 0 Å². The molecule has 0 atom stereocenters. The van der Waals surface area contributed by atoms with Gasteiger partial charge in [-0.15, -0.1) is 0 Å². The Kier molecular flexibility index (Phi) is 3.69. The van der Waals surface area contributed by atoms with Crippen LogP contribution in [0.5, 0.6) is 5.75 Å². The van der Waals surface area contributed by atoms with Gasteiger partial charge in [0.15, 0.2) is 0 Å². The Morgan fingerprint density at radius 1 is 0.714 bits per heavy atom. The lowest BCUT2D eigenvalue weighted by Crippen LogP contribution is -2.11. The van der Waals surface area contributed by atoms with Crippen LogP contribution in [0, 0.1) is 0 Å². The molecule has 0 aliphatic heterocycles. The molecule has 0 radical (unpaired) electrons. The Bertz CT molecular complexity index is 1420. The number of fused-ring (bicyclic) bond motifs is 4. The van der Waals surface area contributed by atoms with Crippen LogP contribution in [0.4, 0.5) is 0 Å². The van der Waals surface area contributed by atoms with Crippen molar-refractivity contribution in [2.45, 2.75) is 0 Å². The third kappa shape index (κ3) is 2.55. The number of para-hydroxylation sites is 1. The molecule has 0 amide bonds. The molecule has 134 valence electrons. The van der Waals surface area contributed by atoms with Crippen molar-refractivity contribution in [1.29, 1.82) is 0 Å². The average Bonchev–Trinajstić information content (AvgIpc) is 2.73. The van der Waals surface area contributed by atoms with Gasteiger partial charge in [0.05, 0.1) is 5.56 Å². The van der Waals surface area contributed by atoms with E-state index in [1.54, 1.807) is 24.3 Å². The van der Waals surface area contributed by atoms with Crippen LogP contribution in [0.15, 0.2) is 94.1 Å². The van der Waals surface area contributed by atoms with Gasteiger partial charge in [0.2, 0.25) is 0 Å². The minimum absolute atomic E-state index is 0.190. The molecule has 4 heteroatoms. The number of carbonyl (C=O) groups is 1. The van der Waals surface area contributed by atoms with Crippen LogP contribution in [0.2, 0.25) is 0 Å². The van der Waals surface area contributed by atoms with E-state index in [0.717, 1.165) is 16.2 Å². The molecule has 28 heavy (non-hydrogen) atoms. The first-order chi connectivity index (χ1) is 13.7. The fourth-order valence-electron chi connectivity index (χ4n) is 3.54. The normalized spacial score (nSPS) is 11.1. The standard InChI is InChI=1S/C24H14O4/c25-23(19-12-5-8-15-7-1-2-9-16(15)19)28-21-14-6-11-18-17-10-3-4-13-20(17)27-24(26)22(18)21/h1-14H. The fourth-order valence-corrected chi connectivity index (χ4v) is 3.54. The van der Waals surface area contributed by atoms with E-state index >= 15 is 0 Å². The van der Waals surface area contributed by atoms with Crippen LogP contribution in [0.3, 0.4) is 0 Å². The third-order valence-electron chi connectivity index (χ3n) is 4.82. The lowest BCUT2D eigenvalue weighted by atomic mass is 10.0. The first kappa shape index (κ1) is 16.3. The summed E-state index contributed by atoms with van der Waals surface area (Å²) < 4.78 is 11.1. The molecule has 0 aliphatic rings. The lowest BCUT2D eigenvalue weighted by Gasteiger charge is -2.10. The number of ether oxygens (including phenoxy) is 1. The van der Waals surface area contributed by atoms with E-state index in [9.17, 15) is 9.59 Å². The first-order valence-corrected chi connectivity index (χ1v) is 8.87. The van der Waals surface area contributed by atoms with Crippen LogP contribution in [0.1, 0.15) is 10.4 Å². The van der Waals surface area contributed by atoms with Gasteiger partial charge in [-0.25, -0.2) is 9.59 Å². The number of hydrogen-bond acceptors (Lipinski definition) is 4. The summed E-state index contributed by atoms with van der Waals surface area (Å²) in [5.41, 5.74) is 0.410. The van der Waals surface area contributed by atoms with Gasteiger partial charge in [0.25, 0.3) is 0 Å². The fraction of sp³-hybridized carbons (Fsp3) is 0. The van der Waals surface area contributed by atoms with E-state index in [4.69, 9.17) is 9.15 Å². The van der Waals surface area contributed by atoms with Crippen LogP contribution in [-0.4, -0.2) is 5.97 Å². The molecule has 0 aliphatic carbocycles. The second kappa shape index (κ2) is 6.35. The van der Waals surface area contributed by atoms with Crippen molar-refractivity contribution in [3.05, 3.63) is 101 Å². The summed E-state index contributed by atoms with van der Waals surface area (Å²) in [5, 5.41) is 3.48. The molecule has 0 saturated heterocycles. The van der Waals surface area contributed by atoms with Crippen molar-refractivity contribution < 1.29 is 13.9 Å². The van der Waals surface area contributed by atoms with E-state index in [1.165, 1.54) is 0 Å². The van der Waals surface area contributed by atoms with E-state index in [1.807, 2.05) is 60.7 Å². The maximum atomic E-state index is 12.9. The molecule has 4 aromatic carbocycles. The van der Waals surface area contributed by atoms with Crippen molar-refractivity contribution in [3.8, 4) is 5.75 Å². The average molecular weight is 366 g/mol. The predicted octanol–water partition coefficient (Wildman–Crippen LogP) is 5.32. The number of hydrogen-bond donors (Lipinski definition) is 0. The van der Waals surface area contributed by atoms with Gasteiger partial charge >= 0.3 is 11.6 Å². The summed E-state index contributed by atoms with van der Waals surface area (Å²) in [5.74, 6) is -0.327. The molecule has 5 rings (SSSR count). The molecule has 0 bridgehead atoms. The summed E-state index contributed by atoms with van der Waals surface area (Å²) in [4.78, 5) is 25.5. The SMILES string of the molecule is O=C(Oc1cccc2c1c(=O)oc1ccccc12)c1cccc2ccccc12. The molecule has 1 aromatic heterocycles. The topological polar surface area (TPSA) is 56.5 Å². The maximum Gasteiger partial charge on any atom is 0.348 e. The van der Waals surface area contributed by atoms with Crippen LogP contribution in [0.25, 0.3) is 32.5 Å². The van der Waals surface area contributed by atoms with Crippen molar-refractivity contribution in [2.75, 3.05) is 0 Å². The van der Waals surface area contributed by atoms with Gasteiger partial charge < -0.3 is 9.15 Å². The Morgan fingerprint density at radius 3 is 2.29 bits per heavy atom. The molecule has 1 heterocycles. The van der Waals surface area contributed by atoms with Crippen LogP contribution in [-0.2, 0) is 0 Å².